The van der Waals surface area contributed by atoms with Gasteiger partial charge >= 0.3 is 0 Å². The number of ether oxygens (including phenoxy) is 1. The van der Waals surface area contributed by atoms with Crippen LogP contribution in [0.4, 0.5) is 4.39 Å². The van der Waals surface area contributed by atoms with Gasteiger partial charge in [0.15, 0.2) is 6.23 Å². The lowest BCUT2D eigenvalue weighted by atomic mass is 10.00. The van der Waals surface area contributed by atoms with Crippen LogP contribution in [0.15, 0.2) is 34.4 Å². The summed E-state index contributed by atoms with van der Waals surface area (Å²) < 4.78 is 24.5. The molecule has 80 valence electrons. The highest BCUT2D eigenvalue weighted by atomic mass is 32.2. The van der Waals surface area contributed by atoms with Crippen LogP contribution in [0.3, 0.4) is 0 Å². The van der Waals surface area contributed by atoms with Crippen LogP contribution in [0.25, 0.3) is 0 Å². The first-order chi connectivity index (χ1) is 7.83. The summed E-state index contributed by atoms with van der Waals surface area (Å²) in [6.07, 6.45) is 1.51. The van der Waals surface area contributed by atoms with E-state index < -0.39 is 0 Å². The molecule has 6 heteroatoms. The Labute approximate surface area is 94.6 Å². The molecule has 1 fully saturated rings. The van der Waals surface area contributed by atoms with Gasteiger partial charge in [0.1, 0.15) is 17.8 Å². The topological polar surface area (TPSA) is 37.1 Å². The molecule has 0 saturated carbocycles. The third-order valence-electron chi connectivity index (χ3n) is 2.61. The van der Waals surface area contributed by atoms with Gasteiger partial charge in [-0.3, -0.25) is 4.84 Å². The molecule has 1 aromatic carbocycles. The van der Waals surface area contributed by atoms with E-state index in [1.807, 2.05) is 0 Å². The highest BCUT2D eigenvalue weighted by molar-refractivity contribution is 7.96. The molecule has 1 aromatic rings. The second-order valence-electron chi connectivity index (χ2n) is 3.60. The van der Waals surface area contributed by atoms with E-state index in [-0.39, 0.29) is 12.0 Å². The van der Waals surface area contributed by atoms with Gasteiger partial charge in [-0.1, -0.05) is 4.47 Å². The first kappa shape index (κ1) is 8.74. The Morgan fingerprint density at radius 1 is 1.44 bits per heavy atom. The minimum atomic E-state index is -0.296. The van der Waals surface area contributed by atoms with Crippen molar-refractivity contribution in [1.29, 1.82) is 0 Å². The van der Waals surface area contributed by atoms with Crippen molar-refractivity contribution in [1.82, 2.24) is 4.47 Å². The van der Waals surface area contributed by atoms with E-state index >= 15 is 0 Å². The van der Waals surface area contributed by atoms with Gasteiger partial charge < -0.3 is 4.74 Å². The van der Waals surface area contributed by atoms with Crippen molar-refractivity contribution in [3.05, 3.63) is 41.4 Å². The molecule has 0 aliphatic carbocycles. The number of hydroxylamine groups is 1. The fraction of sp³-hybridized carbons (Fsp3) is 0.100. The van der Waals surface area contributed by atoms with Crippen LogP contribution < -0.4 is 4.74 Å². The van der Waals surface area contributed by atoms with Gasteiger partial charge in [0.05, 0.1) is 23.4 Å². The molecular weight excluding hydrogens is 231 g/mol. The minimum absolute atomic E-state index is 0.103. The van der Waals surface area contributed by atoms with Crippen LogP contribution >= 0.6 is 12.1 Å². The molecule has 0 aromatic heterocycles. The predicted octanol–water partition coefficient (Wildman–Crippen LogP) is 2.04. The second-order valence-corrected chi connectivity index (χ2v) is 4.30. The van der Waals surface area contributed by atoms with E-state index in [0.717, 1.165) is 11.3 Å². The monoisotopic (exact) mass is 236 g/mol. The molecule has 0 amide bonds. The molecule has 3 aliphatic rings. The zero-order valence-corrected chi connectivity index (χ0v) is 8.70. The molecule has 4 nitrogen and oxygen atoms in total. The van der Waals surface area contributed by atoms with E-state index in [4.69, 9.17) is 9.57 Å². The van der Waals surface area contributed by atoms with E-state index in [1.165, 1.54) is 24.3 Å². The molecule has 2 unspecified atom stereocenters. The highest BCUT2D eigenvalue weighted by Crippen LogP contribution is 2.44. The summed E-state index contributed by atoms with van der Waals surface area (Å²) in [5, 5.41) is 0. The number of fused-ring (bicyclic) bond motifs is 5. The van der Waals surface area contributed by atoms with Crippen LogP contribution in [-0.2, 0) is 4.84 Å². The fourth-order valence-corrected chi connectivity index (χ4v) is 2.48. The fourth-order valence-electron chi connectivity index (χ4n) is 1.79. The summed E-state index contributed by atoms with van der Waals surface area (Å²) in [6.45, 7) is 0. The van der Waals surface area contributed by atoms with Crippen LogP contribution in [0.5, 0.6) is 5.75 Å². The van der Waals surface area contributed by atoms with Gasteiger partial charge in [-0.25, -0.2) is 4.39 Å². The number of halogens is 1. The van der Waals surface area contributed by atoms with Crippen molar-refractivity contribution >= 4 is 17.8 Å². The maximum atomic E-state index is 13.2. The van der Waals surface area contributed by atoms with Crippen LogP contribution in [0.1, 0.15) is 5.56 Å². The lowest BCUT2D eigenvalue weighted by molar-refractivity contribution is 0.306. The van der Waals surface area contributed by atoms with Crippen LogP contribution in [0, 0.1) is 5.82 Å². The molecule has 0 spiro atoms. The summed E-state index contributed by atoms with van der Waals surface area (Å²) in [6, 6.07) is 4.40. The van der Waals surface area contributed by atoms with Gasteiger partial charge in [0, 0.05) is 5.56 Å². The van der Waals surface area contributed by atoms with E-state index in [0.29, 0.717) is 11.3 Å². The summed E-state index contributed by atoms with van der Waals surface area (Å²) in [5.74, 6) is 0.328. The normalized spacial score (nSPS) is 29.1. The van der Waals surface area contributed by atoms with Crippen molar-refractivity contribution in [3.63, 3.8) is 0 Å². The van der Waals surface area contributed by atoms with Gasteiger partial charge in [-0.05, 0) is 18.2 Å². The van der Waals surface area contributed by atoms with Crippen molar-refractivity contribution in [2.45, 2.75) is 6.23 Å². The summed E-state index contributed by atoms with van der Waals surface area (Å²) in [5.41, 5.74) is 2.27. The quantitative estimate of drug-likeness (QED) is 0.510. The Morgan fingerprint density at radius 3 is 3.31 bits per heavy atom. The number of nitrogens with zero attached hydrogens (tertiary/aromatic N) is 2. The standard InChI is InChI=1S/C10H5FN2O2S/c11-5-1-2-8-6(3-5)9-7(4-14-8)10-13(15-10)16-12-9/h1-4,10H. The van der Waals surface area contributed by atoms with Crippen molar-refractivity contribution in [3.8, 4) is 5.75 Å². The Balaban J connectivity index is 1.91. The van der Waals surface area contributed by atoms with Gasteiger partial charge in [-0.2, -0.15) is 4.40 Å². The highest BCUT2D eigenvalue weighted by Gasteiger charge is 2.48. The van der Waals surface area contributed by atoms with Crippen LogP contribution in [-0.4, -0.2) is 16.4 Å². The Hall–Kier alpha value is -1.37. The first-order valence-electron chi connectivity index (χ1n) is 4.71. The molecule has 4 rings (SSSR count). The van der Waals surface area contributed by atoms with Gasteiger partial charge in [0.2, 0.25) is 0 Å². The summed E-state index contributed by atoms with van der Waals surface area (Å²) >= 11 is 1.23. The van der Waals surface area contributed by atoms with Gasteiger partial charge in [-0.15, -0.1) is 0 Å². The molecular formula is C10H5FN2O2S. The number of benzene rings is 1. The number of hydrogen-bond donors (Lipinski definition) is 0. The van der Waals surface area contributed by atoms with E-state index in [1.54, 1.807) is 16.8 Å². The van der Waals surface area contributed by atoms with Crippen molar-refractivity contribution in [2.24, 2.45) is 4.40 Å². The number of rotatable bonds is 0. The smallest absolute Gasteiger partial charge is 0.199 e. The minimum Gasteiger partial charge on any atom is -0.464 e. The average molecular weight is 236 g/mol. The Bertz CT molecular complexity index is 558. The number of hydrogen-bond acceptors (Lipinski definition) is 5. The van der Waals surface area contributed by atoms with Gasteiger partial charge in [0.25, 0.3) is 0 Å². The molecule has 0 bridgehead atoms. The summed E-state index contributed by atoms with van der Waals surface area (Å²) in [7, 11) is 0. The second kappa shape index (κ2) is 2.85. The van der Waals surface area contributed by atoms with Crippen molar-refractivity contribution in [2.75, 3.05) is 0 Å². The van der Waals surface area contributed by atoms with E-state index in [2.05, 4.69) is 4.40 Å². The summed E-state index contributed by atoms with van der Waals surface area (Å²) in [4.78, 5) is 5.23. The third-order valence-corrected chi connectivity index (χ3v) is 3.31. The maximum Gasteiger partial charge on any atom is 0.199 e. The van der Waals surface area contributed by atoms with E-state index in [9.17, 15) is 4.39 Å². The molecule has 16 heavy (non-hydrogen) atoms. The molecule has 2 atom stereocenters. The lowest BCUT2D eigenvalue weighted by Gasteiger charge is -2.19. The van der Waals surface area contributed by atoms with Crippen LogP contribution in [0.2, 0.25) is 0 Å². The average Bonchev–Trinajstić information content (AvgIpc) is 3.07. The predicted molar refractivity (Wildman–Crippen MR) is 56.0 cm³/mol. The van der Waals surface area contributed by atoms with Crippen molar-refractivity contribution < 1.29 is 14.0 Å². The molecule has 1 saturated heterocycles. The molecule has 3 heterocycles. The third kappa shape index (κ3) is 1.09. The Morgan fingerprint density at radius 2 is 2.38 bits per heavy atom. The molecule has 3 aliphatic heterocycles. The lowest BCUT2D eigenvalue weighted by Crippen LogP contribution is -2.20. The molecule has 0 radical (unpaired) electrons. The SMILES string of the molecule is Fc1ccc2c(c1)C1=NSN3OC3C1=CO2. The molecule has 0 N–H and O–H groups in total. The first-order valence-corrected chi connectivity index (χ1v) is 5.44. The largest absolute Gasteiger partial charge is 0.464 e. The Kier molecular flexibility index (Phi) is 1.56. The maximum absolute atomic E-state index is 13.2. The zero-order chi connectivity index (χ0) is 10.7. The zero-order valence-electron chi connectivity index (χ0n) is 7.88.